The molecule has 1 aromatic carbocycles. The van der Waals surface area contributed by atoms with Crippen LogP contribution >= 0.6 is 23.8 Å². The van der Waals surface area contributed by atoms with Gasteiger partial charge in [-0.2, -0.15) is 9.78 Å². The third kappa shape index (κ3) is 3.37. The van der Waals surface area contributed by atoms with Gasteiger partial charge in [-0.15, -0.1) is 10.2 Å². The molecular formula is C13H14ClN5OS. The van der Waals surface area contributed by atoms with Gasteiger partial charge in [0.15, 0.2) is 10.8 Å². The second kappa shape index (κ2) is 6.64. The van der Waals surface area contributed by atoms with Crippen molar-refractivity contribution in [2.75, 3.05) is 6.61 Å². The van der Waals surface area contributed by atoms with Gasteiger partial charge in [0.25, 0.3) is 0 Å². The number of aromatic nitrogens is 2. The van der Waals surface area contributed by atoms with Crippen LogP contribution in [0.5, 0.6) is 5.88 Å². The molecule has 2 N–H and O–H groups in total. The van der Waals surface area contributed by atoms with Gasteiger partial charge in [0.05, 0.1) is 17.3 Å². The van der Waals surface area contributed by atoms with E-state index in [1.165, 1.54) is 4.68 Å². The molecular weight excluding hydrogens is 310 g/mol. The molecule has 0 amide bonds. The lowest BCUT2D eigenvalue weighted by molar-refractivity contribution is 0.320. The Labute approximate surface area is 132 Å². The fraction of sp³-hybridized carbons (Fsp3) is 0.231. The molecule has 0 saturated heterocycles. The lowest BCUT2D eigenvalue weighted by Gasteiger charge is -2.05. The number of hydrogen-bond acceptors (Lipinski definition) is 5. The van der Waals surface area contributed by atoms with Crippen molar-refractivity contribution in [2.45, 2.75) is 13.8 Å². The summed E-state index contributed by atoms with van der Waals surface area (Å²) < 4.78 is 6.84. The van der Waals surface area contributed by atoms with Gasteiger partial charge in [0.1, 0.15) is 5.69 Å². The fourth-order valence-electron chi connectivity index (χ4n) is 1.67. The van der Waals surface area contributed by atoms with Gasteiger partial charge in [-0.25, -0.2) is 0 Å². The van der Waals surface area contributed by atoms with Crippen molar-refractivity contribution < 1.29 is 4.74 Å². The van der Waals surface area contributed by atoms with Gasteiger partial charge in [0.2, 0.25) is 5.88 Å². The number of rotatable bonds is 4. The molecule has 0 fully saturated rings. The van der Waals surface area contributed by atoms with Crippen LogP contribution in [0, 0.1) is 6.92 Å². The number of thiocarbonyl (C=S) groups is 1. The predicted molar refractivity (Wildman–Crippen MR) is 85.9 cm³/mol. The minimum atomic E-state index is 0.0840. The van der Waals surface area contributed by atoms with Crippen molar-refractivity contribution in [3.63, 3.8) is 0 Å². The molecule has 21 heavy (non-hydrogen) atoms. The Balaban J connectivity index is 2.44. The average molecular weight is 324 g/mol. The van der Waals surface area contributed by atoms with Crippen molar-refractivity contribution in [3.05, 3.63) is 35.0 Å². The highest BCUT2D eigenvalue weighted by Crippen LogP contribution is 2.34. The monoisotopic (exact) mass is 323 g/mol. The minimum Gasteiger partial charge on any atom is -0.476 e. The van der Waals surface area contributed by atoms with Crippen molar-refractivity contribution >= 4 is 40.3 Å². The molecule has 0 bridgehead atoms. The Kier molecular flexibility index (Phi) is 4.87. The maximum atomic E-state index is 6.04. The molecule has 2 aromatic rings. The zero-order valence-electron chi connectivity index (χ0n) is 11.6. The Bertz CT molecular complexity index is 698. The lowest BCUT2D eigenvalue weighted by Crippen LogP contribution is -2.21. The normalized spacial score (nSPS) is 11.0. The molecule has 110 valence electrons. The minimum absolute atomic E-state index is 0.0840. The van der Waals surface area contributed by atoms with Gasteiger partial charge >= 0.3 is 0 Å². The topological polar surface area (TPSA) is 77.8 Å². The van der Waals surface area contributed by atoms with E-state index in [0.29, 0.717) is 34.6 Å². The van der Waals surface area contributed by atoms with Crippen LogP contribution in [-0.2, 0) is 0 Å². The van der Waals surface area contributed by atoms with Crippen molar-refractivity contribution in [1.82, 2.24) is 9.78 Å². The highest BCUT2D eigenvalue weighted by molar-refractivity contribution is 7.80. The standard InChI is InChI=1S/C13H14ClN5OS/c1-3-20-12-11(8(2)18-19(12)13(15)21)17-16-10-7-5-4-6-9(10)14/h4-7H,3H2,1-2H3,(H2,15,21). The number of hydrogen-bond donors (Lipinski definition) is 1. The van der Waals surface area contributed by atoms with Gasteiger partial charge in [-0.3, -0.25) is 0 Å². The zero-order valence-corrected chi connectivity index (χ0v) is 13.1. The first-order valence-corrected chi connectivity index (χ1v) is 7.01. The molecule has 2 rings (SSSR count). The largest absolute Gasteiger partial charge is 0.476 e. The first-order valence-electron chi connectivity index (χ1n) is 6.23. The van der Waals surface area contributed by atoms with E-state index in [-0.39, 0.29) is 5.11 Å². The van der Waals surface area contributed by atoms with Gasteiger partial charge in [0, 0.05) is 0 Å². The SMILES string of the molecule is CCOc1c(N=Nc2ccccc2Cl)c(C)nn1C(N)=S. The number of benzene rings is 1. The summed E-state index contributed by atoms with van der Waals surface area (Å²) in [5.74, 6) is 0.373. The summed E-state index contributed by atoms with van der Waals surface area (Å²) in [7, 11) is 0. The number of azo groups is 1. The molecule has 0 spiro atoms. The second-order valence-corrected chi connectivity index (χ2v) is 4.90. The Morgan fingerprint density at radius 2 is 2.14 bits per heavy atom. The van der Waals surface area contributed by atoms with Crippen LogP contribution in [0.2, 0.25) is 5.02 Å². The second-order valence-electron chi connectivity index (χ2n) is 4.07. The van der Waals surface area contributed by atoms with E-state index < -0.39 is 0 Å². The van der Waals surface area contributed by atoms with Crippen LogP contribution in [0.25, 0.3) is 0 Å². The van der Waals surface area contributed by atoms with Gasteiger partial charge in [-0.1, -0.05) is 23.7 Å². The van der Waals surface area contributed by atoms with Crippen LogP contribution < -0.4 is 10.5 Å². The molecule has 0 aliphatic rings. The van der Waals surface area contributed by atoms with Crippen LogP contribution in [0.3, 0.4) is 0 Å². The summed E-state index contributed by atoms with van der Waals surface area (Å²) in [5, 5.41) is 13.1. The molecule has 0 saturated carbocycles. The summed E-state index contributed by atoms with van der Waals surface area (Å²) in [5.41, 5.74) is 7.27. The maximum Gasteiger partial charge on any atom is 0.247 e. The molecule has 8 heteroatoms. The Morgan fingerprint density at radius 3 is 2.76 bits per heavy atom. The van der Waals surface area contributed by atoms with Crippen LogP contribution in [0.15, 0.2) is 34.5 Å². The summed E-state index contributed by atoms with van der Waals surface area (Å²) in [6, 6.07) is 7.16. The molecule has 0 radical (unpaired) electrons. The Hall–Kier alpha value is -1.99. The van der Waals surface area contributed by atoms with Crippen molar-refractivity contribution in [3.8, 4) is 5.88 Å². The maximum absolute atomic E-state index is 6.04. The fourth-order valence-corrected chi connectivity index (χ4v) is 1.96. The predicted octanol–water partition coefficient (Wildman–Crippen LogP) is 3.75. The highest BCUT2D eigenvalue weighted by atomic mass is 35.5. The van der Waals surface area contributed by atoms with E-state index in [0.717, 1.165) is 0 Å². The zero-order chi connectivity index (χ0) is 15.4. The Morgan fingerprint density at radius 1 is 1.43 bits per heavy atom. The van der Waals surface area contributed by atoms with E-state index >= 15 is 0 Å². The van der Waals surface area contributed by atoms with Crippen molar-refractivity contribution in [1.29, 1.82) is 0 Å². The van der Waals surface area contributed by atoms with E-state index in [2.05, 4.69) is 15.3 Å². The molecule has 0 aliphatic heterocycles. The molecule has 1 heterocycles. The number of halogens is 1. The first-order chi connectivity index (χ1) is 10.0. The number of ether oxygens (including phenoxy) is 1. The molecule has 1 aromatic heterocycles. The van der Waals surface area contributed by atoms with Crippen LogP contribution in [0.1, 0.15) is 12.6 Å². The first kappa shape index (κ1) is 15.4. The summed E-state index contributed by atoms with van der Waals surface area (Å²) >= 11 is 11.0. The quantitative estimate of drug-likeness (QED) is 0.686. The van der Waals surface area contributed by atoms with E-state index in [1.54, 1.807) is 19.1 Å². The van der Waals surface area contributed by atoms with Gasteiger partial charge in [-0.05, 0) is 38.2 Å². The van der Waals surface area contributed by atoms with E-state index in [4.69, 9.17) is 34.3 Å². The summed E-state index contributed by atoms with van der Waals surface area (Å²) in [6.45, 7) is 4.06. The highest BCUT2D eigenvalue weighted by Gasteiger charge is 2.18. The van der Waals surface area contributed by atoms with E-state index in [9.17, 15) is 0 Å². The summed E-state index contributed by atoms with van der Waals surface area (Å²) in [6.07, 6.45) is 0. The molecule has 0 unspecified atom stereocenters. The summed E-state index contributed by atoms with van der Waals surface area (Å²) in [4.78, 5) is 0. The van der Waals surface area contributed by atoms with Crippen LogP contribution in [0.4, 0.5) is 11.4 Å². The average Bonchev–Trinajstić information content (AvgIpc) is 2.75. The molecule has 6 nitrogen and oxygen atoms in total. The van der Waals surface area contributed by atoms with Crippen LogP contribution in [-0.4, -0.2) is 21.5 Å². The lowest BCUT2D eigenvalue weighted by atomic mass is 10.3. The number of nitrogens with zero attached hydrogens (tertiary/aromatic N) is 4. The van der Waals surface area contributed by atoms with Gasteiger partial charge < -0.3 is 10.5 Å². The smallest absolute Gasteiger partial charge is 0.247 e. The van der Waals surface area contributed by atoms with E-state index in [1.807, 2.05) is 19.1 Å². The molecule has 0 aliphatic carbocycles. The van der Waals surface area contributed by atoms with Crippen molar-refractivity contribution in [2.24, 2.45) is 16.0 Å². The third-order valence-electron chi connectivity index (χ3n) is 2.59. The molecule has 0 atom stereocenters. The number of aryl methyl sites for hydroxylation is 1. The third-order valence-corrected chi connectivity index (χ3v) is 3.08. The number of nitrogens with two attached hydrogens (primary N) is 1.